The number of carboxylic acid groups (broad SMARTS) is 1. The molecule has 0 saturated carbocycles. The number of aromatic nitrogens is 1. The van der Waals surface area contributed by atoms with Crippen LogP contribution in [0, 0.1) is 3.57 Å². The number of aliphatic carboxylic acids is 1. The van der Waals surface area contributed by atoms with E-state index in [1.165, 1.54) is 6.20 Å². The van der Waals surface area contributed by atoms with Gasteiger partial charge in [-0.05, 0) is 28.7 Å². The number of hydrogen-bond donors (Lipinski definition) is 2. The largest absolute Gasteiger partial charge is 0.480 e. The van der Waals surface area contributed by atoms with Crippen molar-refractivity contribution in [3.8, 4) is 0 Å². The van der Waals surface area contributed by atoms with Crippen molar-refractivity contribution in [3.05, 3.63) is 26.5 Å². The molecule has 0 saturated heterocycles. The molecule has 4 nitrogen and oxygen atoms in total. The summed E-state index contributed by atoms with van der Waals surface area (Å²) in [6.45, 7) is 0. The van der Waals surface area contributed by atoms with Crippen LogP contribution in [0.15, 0.2) is 12.3 Å². The Hall–Kier alpha value is -0.400. The van der Waals surface area contributed by atoms with E-state index in [1.54, 1.807) is 6.07 Å². The fourth-order valence-electron chi connectivity index (χ4n) is 0.780. The Balaban J connectivity index is 3.08. The summed E-state index contributed by atoms with van der Waals surface area (Å²) < 4.78 is 0.701. The van der Waals surface area contributed by atoms with E-state index < -0.39 is 12.0 Å². The number of pyridine rings is 1. The van der Waals surface area contributed by atoms with Gasteiger partial charge in [0.1, 0.15) is 11.2 Å². The summed E-state index contributed by atoms with van der Waals surface area (Å²) in [4.78, 5) is 14.3. The molecular weight excluding hydrogens is 306 g/mol. The first-order valence-corrected chi connectivity index (χ1v) is 4.77. The lowest BCUT2D eigenvalue weighted by Gasteiger charge is -2.08. The molecule has 13 heavy (non-hydrogen) atoms. The number of carboxylic acids is 1. The van der Waals surface area contributed by atoms with Crippen LogP contribution in [0.2, 0.25) is 5.15 Å². The molecule has 0 bridgehead atoms. The van der Waals surface area contributed by atoms with Gasteiger partial charge in [0.05, 0.1) is 0 Å². The number of carbonyl (C=O) groups is 1. The summed E-state index contributed by atoms with van der Waals surface area (Å²) in [5.74, 6) is -1.08. The lowest BCUT2D eigenvalue weighted by molar-refractivity contribution is -0.138. The maximum absolute atomic E-state index is 10.5. The van der Waals surface area contributed by atoms with E-state index in [0.29, 0.717) is 14.3 Å². The molecular formula is C7H6ClIN2O2. The van der Waals surface area contributed by atoms with Crippen LogP contribution in [-0.2, 0) is 4.79 Å². The highest BCUT2D eigenvalue weighted by atomic mass is 127. The molecule has 0 spiro atoms. The third-order valence-corrected chi connectivity index (χ3v) is 2.59. The van der Waals surface area contributed by atoms with Gasteiger partial charge in [-0.15, -0.1) is 0 Å². The zero-order chi connectivity index (χ0) is 10.0. The van der Waals surface area contributed by atoms with Crippen molar-refractivity contribution in [2.75, 3.05) is 0 Å². The van der Waals surface area contributed by atoms with E-state index in [-0.39, 0.29) is 0 Å². The molecule has 0 aromatic carbocycles. The molecule has 1 rings (SSSR count). The lowest BCUT2D eigenvalue weighted by atomic mass is 10.1. The molecule has 0 radical (unpaired) electrons. The zero-order valence-electron chi connectivity index (χ0n) is 6.37. The van der Waals surface area contributed by atoms with Gasteiger partial charge in [-0.25, -0.2) is 4.98 Å². The predicted molar refractivity (Wildman–Crippen MR) is 56.5 cm³/mol. The molecule has 0 aliphatic rings. The maximum atomic E-state index is 10.5. The van der Waals surface area contributed by atoms with Gasteiger partial charge in [0, 0.05) is 15.3 Å². The van der Waals surface area contributed by atoms with Crippen LogP contribution in [0.4, 0.5) is 0 Å². The number of rotatable bonds is 2. The second-order valence-electron chi connectivity index (χ2n) is 2.34. The van der Waals surface area contributed by atoms with Gasteiger partial charge in [-0.3, -0.25) is 4.79 Å². The summed E-state index contributed by atoms with van der Waals surface area (Å²) >= 11 is 7.56. The Morgan fingerprint density at radius 1 is 1.77 bits per heavy atom. The van der Waals surface area contributed by atoms with E-state index >= 15 is 0 Å². The SMILES string of the molecule is N[C@@H](C(=O)O)c1cnc(Cl)cc1I. The normalized spacial score (nSPS) is 12.5. The van der Waals surface area contributed by atoms with Crippen LogP contribution < -0.4 is 5.73 Å². The first kappa shape index (κ1) is 10.7. The van der Waals surface area contributed by atoms with Crippen LogP contribution in [-0.4, -0.2) is 16.1 Å². The number of nitrogens with zero attached hydrogens (tertiary/aromatic N) is 1. The van der Waals surface area contributed by atoms with Crippen LogP contribution >= 0.6 is 34.2 Å². The molecule has 1 aromatic rings. The second-order valence-corrected chi connectivity index (χ2v) is 3.89. The van der Waals surface area contributed by atoms with Gasteiger partial charge in [0.2, 0.25) is 0 Å². The van der Waals surface area contributed by atoms with Crippen molar-refractivity contribution in [2.24, 2.45) is 5.73 Å². The van der Waals surface area contributed by atoms with Crippen molar-refractivity contribution in [2.45, 2.75) is 6.04 Å². The first-order valence-electron chi connectivity index (χ1n) is 3.31. The van der Waals surface area contributed by atoms with E-state index in [0.717, 1.165) is 0 Å². The first-order chi connectivity index (χ1) is 6.02. The number of halogens is 2. The van der Waals surface area contributed by atoms with E-state index in [9.17, 15) is 4.79 Å². The fraction of sp³-hybridized carbons (Fsp3) is 0.143. The van der Waals surface area contributed by atoms with E-state index in [4.69, 9.17) is 22.4 Å². The summed E-state index contributed by atoms with van der Waals surface area (Å²) in [6, 6.07) is 0.525. The van der Waals surface area contributed by atoms with Gasteiger partial charge in [0.25, 0.3) is 0 Å². The highest BCUT2D eigenvalue weighted by Gasteiger charge is 2.17. The van der Waals surface area contributed by atoms with E-state index in [2.05, 4.69) is 4.98 Å². The standard InChI is InChI=1S/C7H6ClIN2O2/c8-5-1-4(9)3(2-11-5)6(10)7(12)13/h1-2,6H,10H2,(H,12,13)/t6-/m1/s1. The van der Waals surface area contributed by atoms with Crippen molar-refractivity contribution in [1.82, 2.24) is 4.98 Å². The molecule has 1 heterocycles. The van der Waals surface area contributed by atoms with Crippen molar-refractivity contribution in [1.29, 1.82) is 0 Å². The molecule has 0 aliphatic carbocycles. The van der Waals surface area contributed by atoms with Crippen LogP contribution in [0.1, 0.15) is 11.6 Å². The van der Waals surface area contributed by atoms with Gasteiger partial charge in [0.15, 0.2) is 0 Å². The molecule has 3 N–H and O–H groups in total. The van der Waals surface area contributed by atoms with Crippen LogP contribution in [0.25, 0.3) is 0 Å². The maximum Gasteiger partial charge on any atom is 0.325 e. The lowest BCUT2D eigenvalue weighted by Crippen LogP contribution is -2.21. The minimum atomic E-state index is -1.08. The molecule has 0 unspecified atom stereocenters. The summed E-state index contributed by atoms with van der Waals surface area (Å²) in [5, 5.41) is 8.96. The highest BCUT2D eigenvalue weighted by Crippen LogP contribution is 2.20. The van der Waals surface area contributed by atoms with Crippen LogP contribution in [0.3, 0.4) is 0 Å². The minimum Gasteiger partial charge on any atom is -0.480 e. The quantitative estimate of drug-likeness (QED) is 0.640. The smallest absolute Gasteiger partial charge is 0.325 e. The Morgan fingerprint density at radius 2 is 2.38 bits per heavy atom. The minimum absolute atomic E-state index is 0.325. The molecule has 6 heteroatoms. The summed E-state index contributed by atoms with van der Waals surface area (Å²) in [7, 11) is 0. The van der Waals surface area contributed by atoms with Crippen molar-refractivity contribution >= 4 is 40.2 Å². The van der Waals surface area contributed by atoms with Gasteiger partial charge in [-0.2, -0.15) is 0 Å². The Labute approximate surface area is 93.2 Å². The Kier molecular flexibility index (Phi) is 3.46. The molecule has 70 valence electrons. The van der Waals surface area contributed by atoms with Crippen LogP contribution in [0.5, 0.6) is 0 Å². The summed E-state index contributed by atoms with van der Waals surface area (Å²) in [5.41, 5.74) is 5.87. The summed E-state index contributed by atoms with van der Waals surface area (Å²) in [6.07, 6.45) is 1.38. The third kappa shape index (κ3) is 2.52. The number of nitrogens with two attached hydrogens (primary N) is 1. The average Bonchev–Trinajstić information content (AvgIpc) is 2.03. The van der Waals surface area contributed by atoms with Gasteiger partial charge >= 0.3 is 5.97 Å². The second kappa shape index (κ2) is 4.21. The fourth-order valence-corrected chi connectivity index (χ4v) is 1.89. The average molecular weight is 312 g/mol. The molecule has 0 amide bonds. The molecule has 0 aliphatic heterocycles. The topological polar surface area (TPSA) is 76.2 Å². The third-order valence-electron chi connectivity index (χ3n) is 1.45. The molecule has 1 atom stereocenters. The number of hydrogen-bond acceptors (Lipinski definition) is 3. The Bertz CT molecular complexity index is 345. The zero-order valence-corrected chi connectivity index (χ0v) is 9.28. The molecule has 1 aromatic heterocycles. The highest BCUT2D eigenvalue weighted by molar-refractivity contribution is 14.1. The predicted octanol–water partition coefficient (Wildman–Crippen LogP) is 1.42. The monoisotopic (exact) mass is 312 g/mol. The molecule has 0 fully saturated rings. The van der Waals surface area contributed by atoms with Crippen molar-refractivity contribution < 1.29 is 9.90 Å². The van der Waals surface area contributed by atoms with E-state index in [1.807, 2.05) is 22.6 Å². The Morgan fingerprint density at radius 3 is 2.85 bits per heavy atom. The van der Waals surface area contributed by atoms with Gasteiger partial charge in [-0.1, -0.05) is 11.6 Å². The van der Waals surface area contributed by atoms with Crippen molar-refractivity contribution in [3.63, 3.8) is 0 Å². The van der Waals surface area contributed by atoms with Gasteiger partial charge < -0.3 is 10.8 Å².